The van der Waals surface area contributed by atoms with E-state index >= 15 is 0 Å². The lowest BCUT2D eigenvalue weighted by Gasteiger charge is -2.06. The number of esters is 1. The number of carbonyl (C=O) groups is 2. The molecule has 6 nitrogen and oxygen atoms in total. The van der Waals surface area contributed by atoms with E-state index in [0.29, 0.717) is 12.6 Å². The molecule has 0 spiro atoms. The van der Waals surface area contributed by atoms with Gasteiger partial charge in [0.2, 0.25) is 0 Å². The van der Waals surface area contributed by atoms with Crippen molar-refractivity contribution in [2.24, 2.45) is 5.73 Å². The van der Waals surface area contributed by atoms with Crippen LogP contribution in [0.5, 0.6) is 0 Å². The standard InChI is InChI=1S/C5H10N2O2.C2H4O2/c1-2-4(7)9-5(8)3-6;1-2(3)4/h3-4,6H,2,7H2,1H3;1H3,(H,3,4). The Labute approximate surface area is 76.2 Å². The van der Waals surface area contributed by atoms with Crippen LogP contribution in [-0.4, -0.2) is 29.5 Å². The lowest BCUT2D eigenvalue weighted by atomic mass is 10.4. The Kier molecular flexibility index (Phi) is 9.41. The summed E-state index contributed by atoms with van der Waals surface area (Å²) in [5.74, 6) is -1.52. The van der Waals surface area contributed by atoms with Gasteiger partial charge in [0, 0.05) is 6.92 Å². The Hall–Kier alpha value is -1.43. The summed E-state index contributed by atoms with van der Waals surface area (Å²) in [6.45, 7) is 2.88. The van der Waals surface area contributed by atoms with Gasteiger partial charge in [-0.2, -0.15) is 0 Å². The molecule has 0 radical (unpaired) electrons. The van der Waals surface area contributed by atoms with Crippen LogP contribution in [0.25, 0.3) is 0 Å². The first-order valence-corrected chi connectivity index (χ1v) is 3.60. The summed E-state index contributed by atoms with van der Waals surface area (Å²) in [4.78, 5) is 19.2. The maximum Gasteiger partial charge on any atom is 0.350 e. The number of carboxylic acid groups (broad SMARTS) is 1. The number of ether oxygens (including phenoxy) is 1. The van der Waals surface area contributed by atoms with Crippen LogP contribution in [0, 0.1) is 5.41 Å². The Balaban J connectivity index is 0. The number of nitrogens with two attached hydrogens (primary N) is 1. The average Bonchev–Trinajstić information content (AvgIpc) is 2.03. The van der Waals surface area contributed by atoms with Crippen LogP contribution in [0.15, 0.2) is 0 Å². The van der Waals surface area contributed by atoms with Gasteiger partial charge in [0.05, 0.1) is 0 Å². The fraction of sp³-hybridized carbons (Fsp3) is 0.571. The Bertz CT molecular complexity index is 177. The van der Waals surface area contributed by atoms with Crippen LogP contribution in [0.1, 0.15) is 20.3 Å². The monoisotopic (exact) mass is 190 g/mol. The molecular weight excluding hydrogens is 176 g/mol. The summed E-state index contributed by atoms with van der Waals surface area (Å²) in [5.41, 5.74) is 5.20. The zero-order chi connectivity index (χ0) is 10.9. The highest BCUT2D eigenvalue weighted by atomic mass is 16.6. The molecule has 4 N–H and O–H groups in total. The number of hydrogen-bond acceptors (Lipinski definition) is 5. The van der Waals surface area contributed by atoms with E-state index in [4.69, 9.17) is 21.0 Å². The third-order valence-corrected chi connectivity index (χ3v) is 0.788. The van der Waals surface area contributed by atoms with Crippen molar-refractivity contribution in [3.8, 4) is 0 Å². The summed E-state index contributed by atoms with van der Waals surface area (Å²) in [7, 11) is 0. The Morgan fingerprint density at radius 3 is 2.31 bits per heavy atom. The van der Waals surface area contributed by atoms with Crippen molar-refractivity contribution in [3.05, 3.63) is 0 Å². The quantitative estimate of drug-likeness (QED) is 0.328. The van der Waals surface area contributed by atoms with Crippen molar-refractivity contribution in [1.82, 2.24) is 0 Å². The van der Waals surface area contributed by atoms with Gasteiger partial charge < -0.3 is 15.3 Å². The van der Waals surface area contributed by atoms with E-state index < -0.39 is 18.2 Å². The molecular formula is C7H14N2O4. The number of carbonyl (C=O) groups excluding carboxylic acids is 1. The van der Waals surface area contributed by atoms with E-state index in [9.17, 15) is 4.79 Å². The smallest absolute Gasteiger partial charge is 0.350 e. The van der Waals surface area contributed by atoms with Gasteiger partial charge >= 0.3 is 5.97 Å². The Morgan fingerprint density at radius 2 is 2.08 bits per heavy atom. The highest BCUT2D eigenvalue weighted by Crippen LogP contribution is 1.87. The zero-order valence-electron chi connectivity index (χ0n) is 7.61. The van der Waals surface area contributed by atoms with E-state index in [1.807, 2.05) is 0 Å². The van der Waals surface area contributed by atoms with Gasteiger partial charge in [-0.3, -0.25) is 10.5 Å². The molecule has 0 heterocycles. The molecule has 0 aromatic carbocycles. The molecule has 0 saturated carbocycles. The number of carboxylic acids is 1. The molecule has 0 amide bonds. The molecule has 0 saturated heterocycles. The van der Waals surface area contributed by atoms with Gasteiger partial charge in [0.1, 0.15) is 6.21 Å². The molecule has 1 atom stereocenters. The lowest BCUT2D eigenvalue weighted by Crippen LogP contribution is -2.26. The Morgan fingerprint density at radius 1 is 1.69 bits per heavy atom. The molecule has 13 heavy (non-hydrogen) atoms. The molecule has 0 aliphatic carbocycles. The molecule has 6 heteroatoms. The predicted molar refractivity (Wildman–Crippen MR) is 46.5 cm³/mol. The second kappa shape index (κ2) is 8.66. The fourth-order valence-electron chi connectivity index (χ4n) is 0.267. The molecule has 0 aromatic heterocycles. The first-order chi connectivity index (χ1) is 5.93. The van der Waals surface area contributed by atoms with Crippen LogP contribution >= 0.6 is 0 Å². The molecule has 1 unspecified atom stereocenters. The van der Waals surface area contributed by atoms with Crippen molar-refractivity contribution in [3.63, 3.8) is 0 Å². The molecule has 0 aromatic rings. The number of hydrogen-bond donors (Lipinski definition) is 3. The molecule has 0 rings (SSSR count). The first kappa shape index (κ1) is 14.1. The van der Waals surface area contributed by atoms with E-state index in [1.54, 1.807) is 6.92 Å². The fourth-order valence-corrected chi connectivity index (χ4v) is 0.267. The van der Waals surface area contributed by atoms with Gasteiger partial charge in [-0.25, -0.2) is 4.79 Å². The van der Waals surface area contributed by atoms with Crippen LogP contribution < -0.4 is 5.73 Å². The van der Waals surface area contributed by atoms with E-state index in [0.717, 1.165) is 6.92 Å². The third kappa shape index (κ3) is 18.0. The summed E-state index contributed by atoms with van der Waals surface area (Å²) in [6, 6.07) is 0. The first-order valence-electron chi connectivity index (χ1n) is 3.60. The van der Waals surface area contributed by atoms with Crippen molar-refractivity contribution in [2.75, 3.05) is 0 Å². The van der Waals surface area contributed by atoms with Crippen LogP contribution in [0.3, 0.4) is 0 Å². The minimum absolute atomic E-state index is 0.569. The van der Waals surface area contributed by atoms with Crippen molar-refractivity contribution < 1.29 is 19.4 Å². The summed E-state index contributed by atoms with van der Waals surface area (Å²) in [5, 5.41) is 13.8. The molecule has 76 valence electrons. The minimum Gasteiger partial charge on any atom is -0.481 e. The molecule has 0 fully saturated rings. The number of nitrogens with one attached hydrogen (secondary N) is 1. The van der Waals surface area contributed by atoms with E-state index in [-0.39, 0.29) is 0 Å². The minimum atomic E-state index is -0.833. The average molecular weight is 190 g/mol. The molecule has 0 bridgehead atoms. The van der Waals surface area contributed by atoms with Gasteiger partial charge in [0.25, 0.3) is 5.97 Å². The SMILES string of the molecule is CC(=O)O.CCC(N)OC(=O)C=N. The normalized spacial score (nSPS) is 10.4. The van der Waals surface area contributed by atoms with Crippen molar-refractivity contribution in [1.29, 1.82) is 5.41 Å². The summed E-state index contributed by atoms with van der Waals surface area (Å²) >= 11 is 0. The summed E-state index contributed by atoms with van der Waals surface area (Å²) in [6.07, 6.45) is 0.592. The van der Waals surface area contributed by atoms with Gasteiger partial charge in [0.15, 0.2) is 6.23 Å². The number of rotatable bonds is 3. The van der Waals surface area contributed by atoms with E-state index in [1.165, 1.54) is 0 Å². The topological polar surface area (TPSA) is 113 Å². The number of aliphatic carboxylic acids is 1. The highest BCUT2D eigenvalue weighted by molar-refractivity contribution is 6.21. The van der Waals surface area contributed by atoms with Crippen molar-refractivity contribution >= 4 is 18.2 Å². The van der Waals surface area contributed by atoms with Crippen LogP contribution in [-0.2, 0) is 14.3 Å². The zero-order valence-corrected chi connectivity index (χ0v) is 7.61. The second-order valence-electron chi connectivity index (χ2n) is 2.05. The highest BCUT2D eigenvalue weighted by Gasteiger charge is 2.02. The van der Waals surface area contributed by atoms with Gasteiger partial charge in [-0.05, 0) is 6.42 Å². The van der Waals surface area contributed by atoms with Gasteiger partial charge in [-0.15, -0.1) is 0 Å². The molecule has 0 aliphatic heterocycles. The third-order valence-electron chi connectivity index (χ3n) is 0.788. The van der Waals surface area contributed by atoms with Crippen LogP contribution in [0.2, 0.25) is 0 Å². The van der Waals surface area contributed by atoms with Crippen molar-refractivity contribution in [2.45, 2.75) is 26.5 Å². The molecule has 0 aliphatic rings. The maximum atomic E-state index is 10.2. The predicted octanol–water partition coefficient (Wildman–Crippen LogP) is -0.0351. The lowest BCUT2D eigenvalue weighted by molar-refractivity contribution is -0.140. The largest absolute Gasteiger partial charge is 0.481 e. The second-order valence-corrected chi connectivity index (χ2v) is 2.05. The van der Waals surface area contributed by atoms with Crippen LogP contribution in [0.4, 0.5) is 0 Å². The maximum absolute atomic E-state index is 10.2. The van der Waals surface area contributed by atoms with Gasteiger partial charge in [-0.1, -0.05) is 6.92 Å². The summed E-state index contributed by atoms with van der Waals surface area (Å²) < 4.78 is 4.44. The van der Waals surface area contributed by atoms with E-state index in [2.05, 4.69) is 4.74 Å².